The third-order valence-corrected chi connectivity index (χ3v) is 6.33. The fourth-order valence-electron chi connectivity index (χ4n) is 4.60. The van der Waals surface area contributed by atoms with Gasteiger partial charge in [0.15, 0.2) is 0 Å². The van der Waals surface area contributed by atoms with Gasteiger partial charge in [0.1, 0.15) is 23.4 Å². The molecule has 1 aliphatic rings. The molecule has 5 rings (SSSR count). The molecule has 170 valence electrons. The Morgan fingerprint density at radius 1 is 1.24 bits per heavy atom. The molecule has 0 aliphatic carbocycles. The molecular formula is C24H27N7O2. The van der Waals surface area contributed by atoms with E-state index >= 15 is 0 Å². The number of aryl methyl sites for hydroxylation is 1. The average Bonchev–Trinajstić information content (AvgIpc) is 3.48. The van der Waals surface area contributed by atoms with Crippen LogP contribution in [-0.2, 0) is 11.2 Å². The molecule has 0 radical (unpaired) electrons. The van der Waals surface area contributed by atoms with Crippen LogP contribution >= 0.6 is 0 Å². The van der Waals surface area contributed by atoms with Crippen LogP contribution in [0.25, 0.3) is 11.0 Å². The number of carbonyl (C=O) groups is 1. The highest BCUT2D eigenvalue weighted by Gasteiger charge is 2.33. The van der Waals surface area contributed by atoms with Gasteiger partial charge in [0.25, 0.3) is 0 Å². The van der Waals surface area contributed by atoms with Crippen molar-refractivity contribution in [3.8, 4) is 5.75 Å². The number of carbonyl (C=O) groups excluding carboxylic acids is 1. The van der Waals surface area contributed by atoms with Gasteiger partial charge in [-0.15, -0.1) is 5.10 Å². The van der Waals surface area contributed by atoms with Gasteiger partial charge in [0, 0.05) is 25.4 Å². The number of hydrogen-bond donors (Lipinski definition) is 1. The molecule has 2 aromatic carbocycles. The molecule has 9 nitrogen and oxygen atoms in total. The zero-order chi connectivity index (χ0) is 22.8. The van der Waals surface area contributed by atoms with E-state index in [1.165, 1.54) is 0 Å². The van der Waals surface area contributed by atoms with Crippen molar-refractivity contribution in [1.29, 1.82) is 0 Å². The predicted octanol–water partition coefficient (Wildman–Crippen LogP) is 3.06. The normalized spacial score (nSPS) is 17.3. The first-order valence-electron chi connectivity index (χ1n) is 11.2. The minimum absolute atomic E-state index is 0.0223. The van der Waals surface area contributed by atoms with Crippen molar-refractivity contribution in [2.24, 2.45) is 0 Å². The van der Waals surface area contributed by atoms with Crippen LogP contribution in [0.5, 0.6) is 5.75 Å². The first-order valence-corrected chi connectivity index (χ1v) is 11.2. The van der Waals surface area contributed by atoms with Crippen molar-refractivity contribution in [3.05, 3.63) is 65.7 Å². The second-order valence-corrected chi connectivity index (χ2v) is 8.50. The topological polar surface area (TPSA) is 102 Å². The lowest BCUT2D eigenvalue weighted by Crippen LogP contribution is -2.44. The van der Waals surface area contributed by atoms with E-state index in [1.807, 2.05) is 60.4 Å². The number of aromatic amines is 1. The maximum Gasteiger partial charge on any atom is 0.247 e. The fraction of sp³-hybridized carbons (Fsp3) is 0.375. The summed E-state index contributed by atoms with van der Waals surface area (Å²) < 4.78 is 6.99. The molecule has 33 heavy (non-hydrogen) atoms. The third kappa shape index (κ3) is 4.30. The molecule has 0 spiro atoms. The summed E-state index contributed by atoms with van der Waals surface area (Å²) in [6.45, 7) is 3.15. The van der Waals surface area contributed by atoms with Crippen molar-refractivity contribution in [2.45, 2.75) is 38.1 Å². The molecule has 4 aromatic rings. The maximum atomic E-state index is 13.8. The molecule has 9 heteroatoms. The summed E-state index contributed by atoms with van der Waals surface area (Å²) in [7, 11) is 1.64. The number of H-pyrrole nitrogens is 1. The highest BCUT2D eigenvalue weighted by molar-refractivity contribution is 5.81. The number of nitrogens with one attached hydrogen (secondary N) is 1. The number of aromatic nitrogens is 6. The van der Waals surface area contributed by atoms with Gasteiger partial charge < -0.3 is 14.6 Å². The van der Waals surface area contributed by atoms with Crippen LogP contribution < -0.4 is 4.74 Å². The minimum Gasteiger partial charge on any atom is -0.497 e. The van der Waals surface area contributed by atoms with Crippen molar-refractivity contribution in [2.75, 3.05) is 20.2 Å². The number of imidazole rings is 1. The molecular weight excluding hydrogens is 418 g/mol. The van der Waals surface area contributed by atoms with Gasteiger partial charge in [-0.25, -0.2) is 9.67 Å². The second kappa shape index (κ2) is 9.01. The largest absolute Gasteiger partial charge is 0.497 e. The Hall–Kier alpha value is -3.75. The zero-order valence-electron chi connectivity index (χ0n) is 18.8. The van der Waals surface area contributed by atoms with Crippen LogP contribution in [-0.4, -0.2) is 61.2 Å². The maximum absolute atomic E-state index is 13.8. The van der Waals surface area contributed by atoms with Crippen LogP contribution in [0.1, 0.15) is 42.0 Å². The Morgan fingerprint density at radius 2 is 2.12 bits per heavy atom. The SMILES string of the molecule is COc1cccc(C[C@H](C(=O)N2CCC[C@H](c3nc4ccccc4[nH]3)C2)n2nnnc2C)c1. The molecule has 3 heterocycles. The summed E-state index contributed by atoms with van der Waals surface area (Å²) in [5.41, 5.74) is 2.97. The number of amides is 1. The molecule has 0 saturated carbocycles. The molecule has 1 saturated heterocycles. The van der Waals surface area contributed by atoms with E-state index in [9.17, 15) is 4.79 Å². The fourth-order valence-corrected chi connectivity index (χ4v) is 4.60. The Kier molecular flexibility index (Phi) is 5.77. The van der Waals surface area contributed by atoms with Crippen molar-refractivity contribution >= 4 is 16.9 Å². The van der Waals surface area contributed by atoms with Gasteiger partial charge in [0.05, 0.1) is 18.1 Å². The monoisotopic (exact) mass is 445 g/mol. The lowest BCUT2D eigenvalue weighted by Gasteiger charge is -2.34. The van der Waals surface area contributed by atoms with Gasteiger partial charge >= 0.3 is 0 Å². The molecule has 2 atom stereocenters. The average molecular weight is 446 g/mol. The second-order valence-electron chi connectivity index (χ2n) is 8.50. The van der Waals surface area contributed by atoms with E-state index in [2.05, 4.69) is 20.5 Å². The number of benzene rings is 2. The molecule has 1 aliphatic heterocycles. The smallest absolute Gasteiger partial charge is 0.247 e. The Labute approximate surface area is 191 Å². The van der Waals surface area contributed by atoms with Gasteiger partial charge in [0.2, 0.25) is 5.91 Å². The van der Waals surface area contributed by atoms with Gasteiger partial charge in [-0.2, -0.15) is 0 Å². The summed E-state index contributed by atoms with van der Waals surface area (Å²) in [6, 6.07) is 15.3. The van der Waals surface area contributed by atoms with E-state index < -0.39 is 6.04 Å². The molecule has 1 fully saturated rings. The van der Waals surface area contributed by atoms with E-state index in [4.69, 9.17) is 9.72 Å². The number of nitrogens with zero attached hydrogens (tertiary/aromatic N) is 6. The summed E-state index contributed by atoms with van der Waals surface area (Å²) in [6.07, 6.45) is 2.40. The van der Waals surface area contributed by atoms with Crippen LogP contribution in [0.3, 0.4) is 0 Å². The molecule has 2 aromatic heterocycles. The van der Waals surface area contributed by atoms with Crippen LogP contribution in [0.2, 0.25) is 0 Å². The van der Waals surface area contributed by atoms with Crippen LogP contribution in [0, 0.1) is 6.92 Å². The molecule has 0 unspecified atom stereocenters. The van der Waals surface area contributed by atoms with Crippen LogP contribution in [0.4, 0.5) is 0 Å². The highest BCUT2D eigenvalue weighted by Crippen LogP contribution is 2.29. The summed E-state index contributed by atoms with van der Waals surface area (Å²) in [5.74, 6) is 2.50. The molecule has 0 bridgehead atoms. The van der Waals surface area contributed by atoms with Crippen LogP contribution in [0.15, 0.2) is 48.5 Å². The van der Waals surface area contributed by atoms with Crippen molar-refractivity contribution in [3.63, 3.8) is 0 Å². The number of fused-ring (bicyclic) bond motifs is 1. The summed E-state index contributed by atoms with van der Waals surface area (Å²) in [5, 5.41) is 11.9. The van der Waals surface area contributed by atoms with Gasteiger partial charge in [-0.3, -0.25) is 4.79 Å². The van der Waals surface area contributed by atoms with E-state index in [0.29, 0.717) is 25.3 Å². The Balaban J connectivity index is 1.40. The Bertz CT molecular complexity index is 1230. The summed E-state index contributed by atoms with van der Waals surface area (Å²) in [4.78, 5) is 24.0. The van der Waals surface area contributed by atoms with E-state index in [-0.39, 0.29) is 11.8 Å². The number of rotatable bonds is 6. The number of likely N-dealkylation sites (tertiary alicyclic amines) is 1. The molecule has 1 amide bonds. The summed E-state index contributed by atoms with van der Waals surface area (Å²) >= 11 is 0. The van der Waals surface area contributed by atoms with Crippen molar-refractivity contribution < 1.29 is 9.53 Å². The number of methoxy groups -OCH3 is 1. The number of hydrogen-bond acceptors (Lipinski definition) is 6. The van der Waals surface area contributed by atoms with E-state index in [1.54, 1.807) is 11.8 Å². The van der Waals surface area contributed by atoms with Gasteiger partial charge in [-0.1, -0.05) is 24.3 Å². The lowest BCUT2D eigenvalue weighted by atomic mass is 9.96. The molecule has 1 N–H and O–H groups in total. The number of tetrazole rings is 1. The minimum atomic E-state index is -0.526. The highest BCUT2D eigenvalue weighted by atomic mass is 16.5. The lowest BCUT2D eigenvalue weighted by molar-refractivity contribution is -0.136. The number of piperidine rings is 1. The standard InChI is InChI=1S/C24H27N7O2/c1-16-27-28-29-31(16)22(14-17-7-5-9-19(13-17)33-2)24(32)30-12-6-8-18(15-30)23-25-20-10-3-4-11-21(20)26-23/h3-5,7,9-11,13,18,22H,6,8,12,14-15H2,1-2H3,(H,25,26)/t18-,22+/m0/s1. The Morgan fingerprint density at radius 3 is 2.91 bits per heavy atom. The number of ether oxygens (including phenoxy) is 1. The third-order valence-electron chi connectivity index (χ3n) is 6.33. The van der Waals surface area contributed by atoms with Crippen molar-refractivity contribution in [1.82, 2.24) is 35.1 Å². The first kappa shape index (κ1) is 21.1. The van der Waals surface area contributed by atoms with E-state index in [0.717, 1.165) is 41.0 Å². The predicted molar refractivity (Wildman–Crippen MR) is 123 cm³/mol. The zero-order valence-corrected chi connectivity index (χ0v) is 18.8. The number of para-hydroxylation sites is 2. The van der Waals surface area contributed by atoms with Gasteiger partial charge in [-0.05, 0) is 60.0 Å². The quantitative estimate of drug-likeness (QED) is 0.489. The first-order chi connectivity index (χ1) is 16.1.